The number of carbonyl (C=O) groups is 1. The van der Waals surface area contributed by atoms with Crippen LogP contribution in [0.15, 0.2) is 48.7 Å². The lowest BCUT2D eigenvalue weighted by Crippen LogP contribution is -2.23. The molecule has 0 radical (unpaired) electrons. The Morgan fingerprint density at radius 1 is 1.24 bits per heavy atom. The molecule has 1 aromatic carbocycles. The third-order valence-corrected chi connectivity index (χ3v) is 2.24. The van der Waals surface area contributed by atoms with Crippen LogP contribution in [0.3, 0.4) is 0 Å². The molecule has 2 rings (SSSR count). The van der Waals surface area contributed by atoms with Gasteiger partial charge in [0, 0.05) is 11.8 Å². The Bertz CT molecular complexity index is 514. The zero-order valence-corrected chi connectivity index (χ0v) is 9.06. The van der Waals surface area contributed by atoms with Crippen LogP contribution in [-0.2, 0) is 6.54 Å². The van der Waals surface area contributed by atoms with E-state index in [4.69, 9.17) is 0 Å². The number of aromatic nitrogens is 1. The van der Waals surface area contributed by atoms with Gasteiger partial charge in [0.2, 0.25) is 0 Å². The third kappa shape index (κ3) is 3.11. The van der Waals surface area contributed by atoms with Gasteiger partial charge >= 0.3 is 0 Å². The number of hydrogen-bond acceptors (Lipinski definition) is 2. The van der Waals surface area contributed by atoms with Crippen molar-refractivity contribution < 1.29 is 9.18 Å². The van der Waals surface area contributed by atoms with Crippen LogP contribution >= 0.6 is 0 Å². The van der Waals surface area contributed by atoms with E-state index in [-0.39, 0.29) is 5.91 Å². The van der Waals surface area contributed by atoms with E-state index in [0.717, 1.165) is 5.69 Å². The van der Waals surface area contributed by atoms with E-state index in [1.165, 1.54) is 18.2 Å². The molecular formula is C13H11FN2O. The topological polar surface area (TPSA) is 42.0 Å². The molecule has 4 heteroatoms. The van der Waals surface area contributed by atoms with E-state index in [9.17, 15) is 9.18 Å². The van der Waals surface area contributed by atoms with Gasteiger partial charge in [0.25, 0.3) is 5.91 Å². The first kappa shape index (κ1) is 11.3. The summed E-state index contributed by atoms with van der Waals surface area (Å²) < 4.78 is 12.9. The molecule has 1 heterocycles. The van der Waals surface area contributed by atoms with Gasteiger partial charge in [0.15, 0.2) is 0 Å². The second-order valence-electron chi connectivity index (χ2n) is 3.51. The lowest BCUT2D eigenvalue weighted by Gasteiger charge is -2.04. The smallest absolute Gasteiger partial charge is 0.251 e. The Labute approximate surface area is 98.3 Å². The van der Waals surface area contributed by atoms with Crippen molar-refractivity contribution in [3.05, 3.63) is 65.7 Å². The van der Waals surface area contributed by atoms with Crippen LogP contribution in [0, 0.1) is 5.82 Å². The van der Waals surface area contributed by atoms with E-state index in [0.29, 0.717) is 12.1 Å². The molecule has 17 heavy (non-hydrogen) atoms. The predicted molar refractivity (Wildman–Crippen MR) is 61.8 cm³/mol. The molecule has 0 aliphatic rings. The molecule has 0 saturated carbocycles. The standard InChI is InChI=1S/C13H11FN2O/c14-11-5-3-4-10(8-11)13(17)16-9-12-6-1-2-7-15-12/h1-8H,9H2,(H,16,17). The maximum absolute atomic E-state index is 12.9. The number of nitrogens with zero attached hydrogens (tertiary/aromatic N) is 1. The van der Waals surface area contributed by atoms with Crippen molar-refractivity contribution in [2.45, 2.75) is 6.54 Å². The first-order chi connectivity index (χ1) is 8.25. The Morgan fingerprint density at radius 2 is 2.12 bits per heavy atom. The molecule has 0 atom stereocenters. The molecule has 1 N–H and O–H groups in total. The van der Waals surface area contributed by atoms with Gasteiger partial charge in [-0.3, -0.25) is 9.78 Å². The second kappa shape index (κ2) is 5.21. The number of nitrogens with one attached hydrogen (secondary N) is 1. The van der Waals surface area contributed by atoms with Crippen molar-refractivity contribution >= 4 is 5.91 Å². The number of rotatable bonds is 3. The van der Waals surface area contributed by atoms with Gasteiger partial charge in [-0.2, -0.15) is 0 Å². The van der Waals surface area contributed by atoms with Gasteiger partial charge in [-0.25, -0.2) is 4.39 Å². The number of carbonyl (C=O) groups excluding carboxylic acids is 1. The monoisotopic (exact) mass is 230 g/mol. The molecule has 3 nitrogen and oxygen atoms in total. The summed E-state index contributed by atoms with van der Waals surface area (Å²) in [6, 6.07) is 11.0. The maximum atomic E-state index is 12.9. The molecule has 0 saturated heterocycles. The van der Waals surface area contributed by atoms with Crippen LogP contribution in [0.2, 0.25) is 0 Å². The highest BCUT2D eigenvalue weighted by Gasteiger charge is 2.05. The number of benzene rings is 1. The SMILES string of the molecule is O=C(NCc1ccccn1)c1cccc(F)c1. The van der Waals surface area contributed by atoms with Gasteiger partial charge in [0.05, 0.1) is 12.2 Å². The molecular weight excluding hydrogens is 219 g/mol. The molecule has 0 aliphatic carbocycles. The fourth-order valence-electron chi connectivity index (χ4n) is 1.41. The number of amides is 1. The average molecular weight is 230 g/mol. The molecule has 0 spiro atoms. The van der Waals surface area contributed by atoms with Crippen molar-refractivity contribution in [2.75, 3.05) is 0 Å². The highest BCUT2D eigenvalue weighted by molar-refractivity contribution is 5.94. The fourth-order valence-corrected chi connectivity index (χ4v) is 1.41. The predicted octanol–water partition coefficient (Wildman–Crippen LogP) is 2.15. The Balaban J connectivity index is 1.98. The first-order valence-electron chi connectivity index (χ1n) is 5.19. The number of hydrogen-bond donors (Lipinski definition) is 1. The Kier molecular flexibility index (Phi) is 3.45. The fraction of sp³-hybridized carbons (Fsp3) is 0.0769. The van der Waals surface area contributed by atoms with Gasteiger partial charge in [-0.1, -0.05) is 12.1 Å². The van der Waals surface area contributed by atoms with Crippen LogP contribution in [0.5, 0.6) is 0 Å². The van der Waals surface area contributed by atoms with E-state index in [1.807, 2.05) is 12.1 Å². The second-order valence-corrected chi connectivity index (χ2v) is 3.51. The Morgan fingerprint density at radius 3 is 2.82 bits per heavy atom. The number of pyridine rings is 1. The van der Waals surface area contributed by atoms with Gasteiger partial charge in [-0.15, -0.1) is 0 Å². The molecule has 0 fully saturated rings. The summed E-state index contributed by atoms with van der Waals surface area (Å²) in [5.74, 6) is -0.731. The van der Waals surface area contributed by atoms with E-state index < -0.39 is 5.82 Å². The van der Waals surface area contributed by atoms with Crippen molar-refractivity contribution in [3.8, 4) is 0 Å². The lowest BCUT2D eigenvalue weighted by atomic mass is 10.2. The number of halogens is 1. The summed E-state index contributed by atoms with van der Waals surface area (Å²) in [4.78, 5) is 15.7. The van der Waals surface area contributed by atoms with E-state index >= 15 is 0 Å². The first-order valence-corrected chi connectivity index (χ1v) is 5.19. The van der Waals surface area contributed by atoms with Gasteiger partial charge in [0.1, 0.15) is 5.82 Å². The van der Waals surface area contributed by atoms with Crippen molar-refractivity contribution in [2.24, 2.45) is 0 Å². The molecule has 2 aromatic rings. The average Bonchev–Trinajstić information content (AvgIpc) is 2.37. The van der Waals surface area contributed by atoms with Gasteiger partial charge < -0.3 is 5.32 Å². The largest absolute Gasteiger partial charge is 0.346 e. The molecule has 1 amide bonds. The van der Waals surface area contributed by atoms with Crippen LogP contribution in [0.4, 0.5) is 4.39 Å². The van der Waals surface area contributed by atoms with Crippen LogP contribution in [-0.4, -0.2) is 10.9 Å². The Hall–Kier alpha value is -2.23. The maximum Gasteiger partial charge on any atom is 0.251 e. The van der Waals surface area contributed by atoms with Crippen molar-refractivity contribution in [3.63, 3.8) is 0 Å². The zero-order chi connectivity index (χ0) is 12.1. The molecule has 0 unspecified atom stereocenters. The molecule has 1 aromatic heterocycles. The highest BCUT2D eigenvalue weighted by atomic mass is 19.1. The minimum atomic E-state index is -0.421. The normalized spacial score (nSPS) is 9.94. The highest BCUT2D eigenvalue weighted by Crippen LogP contribution is 2.03. The minimum absolute atomic E-state index is 0.306. The van der Waals surface area contributed by atoms with Crippen molar-refractivity contribution in [1.29, 1.82) is 0 Å². The molecule has 0 aliphatic heterocycles. The van der Waals surface area contributed by atoms with Crippen molar-refractivity contribution in [1.82, 2.24) is 10.3 Å². The van der Waals surface area contributed by atoms with Crippen LogP contribution in [0.1, 0.15) is 16.1 Å². The summed E-state index contributed by atoms with van der Waals surface area (Å²) in [6.07, 6.45) is 1.66. The summed E-state index contributed by atoms with van der Waals surface area (Å²) in [5.41, 5.74) is 1.07. The van der Waals surface area contributed by atoms with Crippen LogP contribution in [0.25, 0.3) is 0 Å². The van der Waals surface area contributed by atoms with E-state index in [1.54, 1.807) is 18.3 Å². The van der Waals surface area contributed by atoms with Crippen LogP contribution < -0.4 is 5.32 Å². The summed E-state index contributed by atoms with van der Waals surface area (Å²) in [7, 11) is 0. The van der Waals surface area contributed by atoms with E-state index in [2.05, 4.69) is 10.3 Å². The molecule has 86 valence electrons. The summed E-state index contributed by atoms with van der Waals surface area (Å²) in [5, 5.41) is 2.67. The lowest BCUT2D eigenvalue weighted by molar-refractivity contribution is 0.0950. The quantitative estimate of drug-likeness (QED) is 0.877. The molecule has 0 bridgehead atoms. The zero-order valence-electron chi connectivity index (χ0n) is 9.06. The minimum Gasteiger partial charge on any atom is -0.346 e. The van der Waals surface area contributed by atoms with Gasteiger partial charge in [-0.05, 0) is 30.3 Å². The summed E-state index contributed by atoms with van der Waals surface area (Å²) >= 11 is 0. The summed E-state index contributed by atoms with van der Waals surface area (Å²) in [6.45, 7) is 0.330. The third-order valence-electron chi connectivity index (χ3n) is 2.24.